The molecule has 2 fully saturated rings. The van der Waals surface area contributed by atoms with Crippen LogP contribution < -0.4 is 10.2 Å². The van der Waals surface area contributed by atoms with Crippen molar-refractivity contribution in [2.75, 3.05) is 44.2 Å². The van der Waals surface area contributed by atoms with Gasteiger partial charge in [-0.05, 0) is 24.1 Å². The van der Waals surface area contributed by atoms with Crippen molar-refractivity contribution < 1.29 is 23.5 Å². The fourth-order valence-electron chi connectivity index (χ4n) is 5.06. The number of nitrogens with one attached hydrogen (secondary N) is 1. The molecular weight excluding hydrogens is 451 g/mol. The number of piperazine rings is 1. The quantitative estimate of drug-likeness (QED) is 0.482. The number of piperidine rings is 1. The van der Waals surface area contributed by atoms with Crippen LogP contribution >= 0.6 is 0 Å². The first kappa shape index (κ1) is 23.4. The summed E-state index contributed by atoms with van der Waals surface area (Å²) in [6.45, 7) is 5.33. The molecule has 184 valence electrons. The van der Waals surface area contributed by atoms with E-state index >= 15 is 0 Å². The smallest absolute Gasteiger partial charge is 0.255 e. The molecule has 3 amide bonds. The number of benzene rings is 2. The van der Waals surface area contributed by atoms with Crippen molar-refractivity contribution in [1.82, 2.24) is 15.1 Å². The first-order valence-electron chi connectivity index (χ1n) is 12.1. The number of anilines is 1. The molecule has 1 unspecified atom stereocenters. The van der Waals surface area contributed by atoms with Crippen LogP contribution in [0.15, 0.2) is 42.5 Å². The van der Waals surface area contributed by atoms with E-state index in [1.54, 1.807) is 0 Å². The van der Waals surface area contributed by atoms with E-state index in [4.69, 9.17) is 4.74 Å². The highest BCUT2D eigenvalue weighted by atomic mass is 19.1. The summed E-state index contributed by atoms with van der Waals surface area (Å²) in [5.41, 5.74) is 2.92. The van der Waals surface area contributed by atoms with Crippen molar-refractivity contribution in [3.8, 4) is 0 Å². The van der Waals surface area contributed by atoms with E-state index in [0.29, 0.717) is 37.6 Å². The molecule has 0 aliphatic carbocycles. The molecule has 2 aromatic carbocycles. The normalized spacial score (nSPS) is 20.8. The van der Waals surface area contributed by atoms with Crippen molar-refractivity contribution in [2.24, 2.45) is 0 Å². The summed E-state index contributed by atoms with van der Waals surface area (Å²) in [4.78, 5) is 42.8. The van der Waals surface area contributed by atoms with E-state index in [1.165, 1.54) is 17.0 Å². The molecule has 0 radical (unpaired) electrons. The Morgan fingerprint density at radius 3 is 2.54 bits per heavy atom. The summed E-state index contributed by atoms with van der Waals surface area (Å²) in [6, 6.07) is 12.1. The maximum absolute atomic E-state index is 14.5. The lowest BCUT2D eigenvalue weighted by molar-refractivity contribution is -0.136. The molecule has 35 heavy (non-hydrogen) atoms. The third-order valence-electron chi connectivity index (χ3n) is 6.97. The number of hydrogen-bond donors (Lipinski definition) is 1. The highest BCUT2D eigenvalue weighted by molar-refractivity contribution is 6.06. The molecule has 9 heteroatoms. The van der Waals surface area contributed by atoms with Gasteiger partial charge in [-0.15, -0.1) is 0 Å². The van der Waals surface area contributed by atoms with Gasteiger partial charge in [0, 0.05) is 62.5 Å². The molecule has 3 aliphatic heterocycles. The Balaban J connectivity index is 1.19. The van der Waals surface area contributed by atoms with Crippen LogP contribution in [0.25, 0.3) is 0 Å². The van der Waals surface area contributed by atoms with Crippen LogP contribution in [0.2, 0.25) is 0 Å². The molecule has 0 aromatic heterocycles. The molecular formula is C26H29FN4O4. The second-order valence-corrected chi connectivity index (χ2v) is 9.22. The molecule has 8 nitrogen and oxygen atoms in total. The third kappa shape index (κ3) is 5.06. The number of halogens is 1. The number of ether oxygens (including phenoxy) is 1. The number of carbonyl (C=O) groups is 3. The first-order chi connectivity index (χ1) is 17.0. The summed E-state index contributed by atoms with van der Waals surface area (Å²) in [5, 5.41) is 2.31. The Bertz CT molecular complexity index is 1120. The summed E-state index contributed by atoms with van der Waals surface area (Å²) in [6.07, 6.45) is 0.474. The van der Waals surface area contributed by atoms with Gasteiger partial charge in [-0.1, -0.05) is 30.3 Å². The summed E-state index contributed by atoms with van der Waals surface area (Å²) in [5.74, 6) is -1.61. The number of carbonyl (C=O) groups excluding carboxylic acids is 3. The monoisotopic (exact) mass is 480 g/mol. The number of nitrogens with zero attached hydrogens (tertiary/aromatic N) is 3. The van der Waals surface area contributed by atoms with E-state index in [1.807, 2.05) is 30.3 Å². The Hall–Kier alpha value is -3.30. The van der Waals surface area contributed by atoms with Gasteiger partial charge < -0.3 is 14.5 Å². The summed E-state index contributed by atoms with van der Waals surface area (Å²) < 4.78 is 20.3. The van der Waals surface area contributed by atoms with Crippen LogP contribution in [0.4, 0.5) is 10.1 Å². The van der Waals surface area contributed by atoms with E-state index in [-0.39, 0.29) is 31.2 Å². The molecule has 5 rings (SSSR count). The van der Waals surface area contributed by atoms with E-state index in [0.717, 1.165) is 30.8 Å². The largest absolute Gasteiger partial charge is 0.375 e. The zero-order chi connectivity index (χ0) is 24.4. The van der Waals surface area contributed by atoms with Crippen LogP contribution in [-0.4, -0.2) is 72.9 Å². The Morgan fingerprint density at radius 1 is 1.03 bits per heavy atom. The van der Waals surface area contributed by atoms with Crippen LogP contribution in [-0.2, 0) is 27.5 Å². The molecule has 1 atom stereocenters. The van der Waals surface area contributed by atoms with Gasteiger partial charge in [0.2, 0.25) is 11.8 Å². The summed E-state index contributed by atoms with van der Waals surface area (Å²) >= 11 is 0. The molecule has 3 heterocycles. The molecule has 1 N–H and O–H groups in total. The van der Waals surface area contributed by atoms with Crippen LogP contribution in [0, 0.1) is 5.82 Å². The van der Waals surface area contributed by atoms with Gasteiger partial charge in [0.15, 0.2) is 0 Å². The Labute approximate surface area is 203 Å². The van der Waals surface area contributed by atoms with Gasteiger partial charge >= 0.3 is 0 Å². The summed E-state index contributed by atoms with van der Waals surface area (Å²) in [7, 11) is 0. The van der Waals surface area contributed by atoms with Gasteiger partial charge in [0.05, 0.1) is 13.2 Å². The van der Waals surface area contributed by atoms with Crippen LogP contribution in [0.3, 0.4) is 0 Å². The van der Waals surface area contributed by atoms with Gasteiger partial charge in [-0.25, -0.2) is 4.39 Å². The molecule has 3 aliphatic rings. The zero-order valence-electron chi connectivity index (χ0n) is 19.5. The molecule has 0 saturated carbocycles. The van der Waals surface area contributed by atoms with Gasteiger partial charge in [-0.2, -0.15) is 0 Å². The maximum Gasteiger partial charge on any atom is 0.255 e. The van der Waals surface area contributed by atoms with Crippen LogP contribution in [0.1, 0.15) is 34.3 Å². The lowest BCUT2D eigenvalue weighted by Gasteiger charge is -2.37. The molecule has 2 saturated heterocycles. The van der Waals surface area contributed by atoms with Gasteiger partial charge in [-0.3, -0.25) is 24.6 Å². The van der Waals surface area contributed by atoms with Crippen molar-refractivity contribution in [2.45, 2.75) is 32.0 Å². The van der Waals surface area contributed by atoms with E-state index in [9.17, 15) is 18.8 Å². The van der Waals surface area contributed by atoms with E-state index < -0.39 is 17.8 Å². The minimum absolute atomic E-state index is 0.189. The fraction of sp³-hybridized carbons (Fsp3) is 0.423. The second-order valence-electron chi connectivity index (χ2n) is 9.22. The predicted octanol–water partition coefficient (Wildman–Crippen LogP) is 1.93. The average Bonchev–Trinajstić information content (AvgIpc) is 3.18. The first-order valence-corrected chi connectivity index (χ1v) is 12.1. The lowest BCUT2D eigenvalue weighted by atomic mass is 10.0. The van der Waals surface area contributed by atoms with Crippen molar-refractivity contribution in [1.29, 1.82) is 0 Å². The van der Waals surface area contributed by atoms with Crippen LogP contribution in [0.5, 0.6) is 0 Å². The van der Waals surface area contributed by atoms with Gasteiger partial charge in [0.1, 0.15) is 11.9 Å². The van der Waals surface area contributed by atoms with Crippen molar-refractivity contribution in [3.05, 3.63) is 65.0 Å². The highest BCUT2D eigenvalue weighted by Gasteiger charge is 2.41. The van der Waals surface area contributed by atoms with E-state index in [2.05, 4.69) is 15.1 Å². The number of hydrogen-bond acceptors (Lipinski definition) is 6. The molecule has 2 aromatic rings. The van der Waals surface area contributed by atoms with Crippen molar-refractivity contribution in [3.63, 3.8) is 0 Å². The number of rotatable bonds is 7. The minimum atomic E-state index is -0.712. The van der Waals surface area contributed by atoms with Crippen molar-refractivity contribution >= 4 is 23.4 Å². The number of imide groups is 1. The number of amides is 3. The Morgan fingerprint density at radius 2 is 1.80 bits per heavy atom. The Kier molecular flexibility index (Phi) is 6.79. The SMILES string of the molecule is O=C1CCC(N2Cc3c(cc(F)cc3N3CCN(CCOCc4ccccc4)CC3)C2=O)C(=O)N1. The minimum Gasteiger partial charge on any atom is -0.375 e. The lowest BCUT2D eigenvalue weighted by Crippen LogP contribution is -2.52. The third-order valence-corrected chi connectivity index (χ3v) is 6.97. The van der Waals surface area contributed by atoms with Gasteiger partial charge in [0.25, 0.3) is 5.91 Å². The fourth-order valence-corrected chi connectivity index (χ4v) is 5.06. The maximum atomic E-state index is 14.5. The second kappa shape index (κ2) is 10.1. The highest BCUT2D eigenvalue weighted by Crippen LogP contribution is 2.35. The molecule has 0 bridgehead atoms. The number of fused-ring (bicyclic) bond motifs is 1. The molecule has 0 spiro atoms. The predicted molar refractivity (Wildman–Crippen MR) is 127 cm³/mol. The topological polar surface area (TPSA) is 82.2 Å². The zero-order valence-corrected chi connectivity index (χ0v) is 19.5. The average molecular weight is 481 g/mol. The standard InChI is InChI=1S/C26H29FN4O4/c27-19-14-20-21(16-31(26(20)34)22-6-7-24(32)28-25(22)33)23(15-19)30-10-8-29(9-11-30)12-13-35-17-18-4-2-1-3-5-18/h1-5,14-15,22H,6-13,16-17H2,(H,28,32,33).